The summed E-state index contributed by atoms with van der Waals surface area (Å²) < 4.78 is 0. The van der Waals surface area contributed by atoms with Crippen molar-refractivity contribution in [2.24, 2.45) is 0 Å². The van der Waals surface area contributed by atoms with Crippen LogP contribution in [-0.2, 0) is 11.3 Å². The number of phenolic OH excluding ortho intramolecular Hbond substituents is 1. The van der Waals surface area contributed by atoms with Gasteiger partial charge in [0, 0.05) is 13.6 Å². The molecule has 2 aromatic carbocycles. The van der Waals surface area contributed by atoms with E-state index in [1.807, 2.05) is 36.4 Å². The van der Waals surface area contributed by atoms with Crippen LogP contribution in [0, 0.1) is 0 Å². The highest BCUT2D eigenvalue weighted by Gasteiger charge is 2.21. The lowest BCUT2D eigenvalue weighted by Crippen LogP contribution is -2.29. The number of likely N-dealkylation sites (N-methyl/N-ethyl adjacent to an activating group) is 1. The van der Waals surface area contributed by atoms with Crippen molar-refractivity contribution in [1.29, 1.82) is 0 Å². The summed E-state index contributed by atoms with van der Waals surface area (Å²) in [6.45, 7) is 0.406. The maximum Gasteiger partial charge on any atom is 0.245 e. The van der Waals surface area contributed by atoms with Crippen molar-refractivity contribution in [2.75, 3.05) is 7.05 Å². The number of hydrogen-bond donors (Lipinski definition) is 1. The van der Waals surface area contributed by atoms with Gasteiger partial charge in [-0.25, -0.2) is 0 Å². The standard InChI is InChI=1S/C16H16ClNO2/c1-18(11-12-6-5-9-14(19)10-12)16(20)15(17)13-7-3-2-4-8-13/h2-10,15,19H,11H2,1H3. The highest BCUT2D eigenvalue weighted by atomic mass is 35.5. The minimum atomic E-state index is -0.696. The van der Waals surface area contributed by atoms with Crippen molar-refractivity contribution in [1.82, 2.24) is 4.90 Å². The van der Waals surface area contributed by atoms with Crippen LogP contribution in [0.5, 0.6) is 5.75 Å². The predicted octanol–water partition coefficient (Wildman–Crippen LogP) is 3.33. The summed E-state index contributed by atoms with van der Waals surface area (Å²) in [5, 5.41) is 8.73. The molecule has 104 valence electrons. The predicted molar refractivity (Wildman–Crippen MR) is 79.6 cm³/mol. The number of phenols is 1. The van der Waals surface area contributed by atoms with Gasteiger partial charge in [0.2, 0.25) is 5.91 Å². The number of hydrogen-bond acceptors (Lipinski definition) is 2. The normalized spacial score (nSPS) is 11.9. The minimum Gasteiger partial charge on any atom is -0.508 e. The Labute approximate surface area is 123 Å². The van der Waals surface area contributed by atoms with Gasteiger partial charge in [0.25, 0.3) is 0 Å². The van der Waals surface area contributed by atoms with E-state index in [0.29, 0.717) is 6.54 Å². The molecule has 1 N–H and O–H groups in total. The largest absolute Gasteiger partial charge is 0.508 e. The number of halogens is 1. The van der Waals surface area contributed by atoms with Gasteiger partial charge < -0.3 is 10.0 Å². The molecule has 0 heterocycles. The van der Waals surface area contributed by atoms with E-state index in [4.69, 9.17) is 11.6 Å². The summed E-state index contributed by atoms with van der Waals surface area (Å²) in [7, 11) is 1.70. The Hall–Kier alpha value is -2.00. The average molecular weight is 290 g/mol. The number of amides is 1. The highest BCUT2D eigenvalue weighted by molar-refractivity contribution is 6.30. The van der Waals surface area contributed by atoms with Gasteiger partial charge in [0.15, 0.2) is 0 Å². The van der Waals surface area contributed by atoms with Gasteiger partial charge in [-0.15, -0.1) is 11.6 Å². The van der Waals surface area contributed by atoms with Crippen LogP contribution in [-0.4, -0.2) is 23.0 Å². The van der Waals surface area contributed by atoms with Crippen molar-refractivity contribution in [3.8, 4) is 5.75 Å². The topological polar surface area (TPSA) is 40.5 Å². The molecule has 0 saturated carbocycles. The highest BCUT2D eigenvalue weighted by Crippen LogP contribution is 2.23. The minimum absolute atomic E-state index is 0.166. The number of rotatable bonds is 4. The Kier molecular flexibility index (Phi) is 4.64. The number of alkyl halides is 1. The van der Waals surface area contributed by atoms with Crippen LogP contribution in [0.1, 0.15) is 16.5 Å². The summed E-state index contributed by atoms with van der Waals surface area (Å²) in [5.74, 6) is 0.0232. The zero-order chi connectivity index (χ0) is 14.5. The molecule has 0 aliphatic rings. The lowest BCUT2D eigenvalue weighted by molar-refractivity contribution is -0.130. The lowest BCUT2D eigenvalue weighted by Gasteiger charge is -2.20. The van der Waals surface area contributed by atoms with Gasteiger partial charge in [-0.2, -0.15) is 0 Å². The van der Waals surface area contributed by atoms with Crippen LogP contribution in [0.4, 0.5) is 0 Å². The SMILES string of the molecule is CN(Cc1cccc(O)c1)C(=O)C(Cl)c1ccccc1. The number of carbonyl (C=O) groups excluding carboxylic acids is 1. The van der Waals surface area contributed by atoms with E-state index in [1.165, 1.54) is 0 Å². The third-order valence-electron chi connectivity index (χ3n) is 3.02. The van der Waals surface area contributed by atoms with E-state index >= 15 is 0 Å². The van der Waals surface area contributed by atoms with Crippen LogP contribution in [0.3, 0.4) is 0 Å². The number of carbonyl (C=O) groups is 1. The van der Waals surface area contributed by atoms with Crippen molar-refractivity contribution < 1.29 is 9.90 Å². The third-order valence-corrected chi connectivity index (χ3v) is 3.45. The first kappa shape index (κ1) is 14.4. The molecule has 4 heteroatoms. The fraction of sp³-hybridized carbons (Fsp3) is 0.188. The van der Waals surface area contributed by atoms with Crippen molar-refractivity contribution >= 4 is 17.5 Å². The molecule has 0 spiro atoms. The lowest BCUT2D eigenvalue weighted by atomic mass is 10.1. The van der Waals surface area contributed by atoms with E-state index in [-0.39, 0.29) is 11.7 Å². The zero-order valence-electron chi connectivity index (χ0n) is 11.2. The first-order valence-corrected chi connectivity index (χ1v) is 6.73. The summed E-state index contributed by atoms with van der Waals surface area (Å²) >= 11 is 6.21. The summed E-state index contributed by atoms with van der Waals surface area (Å²) in [5.41, 5.74) is 1.64. The fourth-order valence-electron chi connectivity index (χ4n) is 1.96. The second-order valence-corrected chi connectivity index (χ2v) is 5.07. The number of nitrogens with zero attached hydrogens (tertiary/aromatic N) is 1. The van der Waals surface area contributed by atoms with E-state index < -0.39 is 5.38 Å². The summed E-state index contributed by atoms with van der Waals surface area (Å²) in [6, 6.07) is 16.1. The molecule has 0 radical (unpaired) electrons. The van der Waals surface area contributed by atoms with Crippen LogP contribution in [0.15, 0.2) is 54.6 Å². The molecule has 2 rings (SSSR count). The maximum atomic E-state index is 12.3. The fourth-order valence-corrected chi connectivity index (χ4v) is 2.28. The molecule has 2 aromatic rings. The Balaban J connectivity index is 2.05. The first-order chi connectivity index (χ1) is 9.58. The molecule has 0 saturated heterocycles. The molecular formula is C16H16ClNO2. The molecule has 0 bridgehead atoms. The van der Waals surface area contributed by atoms with Crippen molar-refractivity contribution in [2.45, 2.75) is 11.9 Å². The quantitative estimate of drug-likeness (QED) is 0.877. The summed E-state index contributed by atoms with van der Waals surface area (Å²) in [4.78, 5) is 13.8. The Bertz CT molecular complexity index is 586. The zero-order valence-corrected chi connectivity index (χ0v) is 11.9. The molecule has 20 heavy (non-hydrogen) atoms. The third kappa shape index (κ3) is 3.52. The maximum absolute atomic E-state index is 12.3. The molecule has 1 amide bonds. The molecule has 1 unspecified atom stereocenters. The van der Waals surface area contributed by atoms with Crippen LogP contribution in [0.25, 0.3) is 0 Å². The molecule has 0 aliphatic carbocycles. The molecule has 0 fully saturated rings. The van der Waals surface area contributed by atoms with E-state index in [9.17, 15) is 9.90 Å². The summed E-state index contributed by atoms with van der Waals surface area (Å²) in [6.07, 6.45) is 0. The van der Waals surface area contributed by atoms with Crippen molar-refractivity contribution in [3.63, 3.8) is 0 Å². The van der Waals surface area contributed by atoms with Gasteiger partial charge in [0.1, 0.15) is 11.1 Å². The molecular weight excluding hydrogens is 274 g/mol. The van der Waals surface area contributed by atoms with E-state index in [1.54, 1.807) is 30.1 Å². The Morgan fingerprint density at radius 2 is 1.90 bits per heavy atom. The van der Waals surface area contributed by atoms with E-state index in [2.05, 4.69) is 0 Å². The monoisotopic (exact) mass is 289 g/mol. The molecule has 0 aliphatic heterocycles. The van der Waals surface area contributed by atoms with E-state index in [0.717, 1.165) is 11.1 Å². The van der Waals surface area contributed by atoms with Crippen LogP contribution in [0.2, 0.25) is 0 Å². The molecule has 0 aromatic heterocycles. The molecule has 3 nitrogen and oxygen atoms in total. The van der Waals surface area contributed by atoms with Gasteiger partial charge in [0.05, 0.1) is 0 Å². The van der Waals surface area contributed by atoms with Gasteiger partial charge >= 0.3 is 0 Å². The number of aromatic hydroxyl groups is 1. The van der Waals surface area contributed by atoms with Crippen LogP contribution >= 0.6 is 11.6 Å². The van der Waals surface area contributed by atoms with Gasteiger partial charge in [-0.1, -0.05) is 42.5 Å². The Morgan fingerprint density at radius 3 is 2.55 bits per heavy atom. The van der Waals surface area contributed by atoms with Crippen molar-refractivity contribution in [3.05, 3.63) is 65.7 Å². The van der Waals surface area contributed by atoms with Crippen LogP contribution < -0.4 is 0 Å². The van der Waals surface area contributed by atoms with Gasteiger partial charge in [-0.3, -0.25) is 4.79 Å². The molecule has 1 atom stereocenters. The smallest absolute Gasteiger partial charge is 0.245 e. The second-order valence-electron chi connectivity index (χ2n) is 4.64. The first-order valence-electron chi connectivity index (χ1n) is 6.30. The second kappa shape index (κ2) is 6.44. The van der Waals surface area contributed by atoms with Gasteiger partial charge in [-0.05, 0) is 23.3 Å². The average Bonchev–Trinajstić information content (AvgIpc) is 2.46. The Morgan fingerprint density at radius 1 is 1.20 bits per heavy atom. The number of benzene rings is 2.